The van der Waals surface area contributed by atoms with Crippen molar-refractivity contribution in [1.29, 1.82) is 0 Å². The van der Waals surface area contributed by atoms with E-state index in [4.69, 9.17) is 9.84 Å². The maximum absolute atomic E-state index is 11.8. The quantitative estimate of drug-likeness (QED) is 0.824. The van der Waals surface area contributed by atoms with Crippen LogP contribution in [0.3, 0.4) is 0 Å². The van der Waals surface area contributed by atoms with Crippen LogP contribution in [-0.2, 0) is 16.1 Å². The fourth-order valence-corrected chi connectivity index (χ4v) is 2.25. The molecule has 4 nitrogen and oxygen atoms in total. The Morgan fingerprint density at radius 3 is 2.17 bits per heavy atom. The highest BCUT2D eigenvalue weighted by molar-refractivity contribution is 5.88. The van der Waals surface area contributed by atoms with Gasteiger partial charge < -0.3 is 14.9 Å². The van der Waals surface area contributed by atoms with Crippen molar-refractivity contribution >= 4 is 5.78 Å². The Hall–Kier alpha value is -2.01. The van der Waals surface area contributed by atoms with E-state index in [1.807, 2.05) is 54.6 Å². The molecular weight excluding hydrogens is 292 g/mol. The average molecular weight is 314 g/mol. The summed E-state index contributed by atoms with van der Waals surface area (Å²) >= 11 is 0. The molecular formula is C19H22O4. The molecule has 0 aliphatic heterocycles. The molecule has 2 rings (SSSR count). The van der Waals surface area contributed by atoms with Crippen molar-refractivity contribution in [3.05, 3.63) is 60.2 Å². The summed E-state index contributed by atoms with van der Waals surface area (Å²) in [6.45, 7) is 2.50. The van der Waals surface area contributed by atoms with E-state index >= 15 is 0 Å². The number of ether oxygens (including phenoxy) is 1. The number of ketones is 1. The van der Waals surface area contributed by atoms with Crippen molar-refractivity contribution in [3.8, 4) is 11.1 Å². The second-order valence-electron chi connectivity index (χ2n) is 5.72. The van der Waals surface area contributed by atoms with E-state index in [0.29, 0.717) is 0 Å². The maximum atomic E-state index is 11.8. The summed E-state index contributed by atoms with van der Waals surface area (Å²) in [5.74, 6) is -0.534. The molecule has 0 radical (unpaired) electrons. The van der Waals surface area contributed by atoms with Crippen LogP contribution < -0.4 is 0 Å². The lowest BCUT2D eigenvalue weighted by Gasteiger charge is -2.30. The van der Waals surface area contributed by atoms with Gasteiger partial charge in [-0.3, -0.25) is 4.79 Å². The Bertz CT molecular complexity index is 634. The molecule has 0 saturated heterocycles. The van der Waals surface area contributed by atoms with Gasteiger partial charge in [0.15, 0.2) is 11.4 Å². The SMILES string of the molecule is C[C@H](O)[C@](C)(OCc1ccc(-c2ccccc2)cc1)C(=O)CO. The van der Waals surface area contributed by atoms with Crippen molar-refractivity contribution in [1.82, 2.24) is 0 Å². The van der Waals surface area contributed by atoms with Gasteiger partial charge >= 0.3 is 0 Å². The molecule has 0 unspecified atom stereocenters. The summed E-state index contributed by atoms with van der Waals surface area (Å²) in [7, 11) is 0. The van der Waals surface area contributed by atoms with Crippen LogP contribution in [0.4, 0.5) is 0 Å². The van der Waals surface area contributed by atoms with Crippen molar-refractivity contribution in [3.63, 3.8) is 0 Å². The predicted octanol–water partition coefficient (Wildman–Crippen LogP) is 2.57. The molecule has 0 aromatic heterocycles. The highest BCUT2D eigenvalue weighted by Crippen LogP contribution is 2.22. The number of rotatable bonds is 7. The Kier molecular flexibility index (Phi) is 5.66. The van der Waals surface area contributed by atoms with Crippen LogP contribution in [0.2, 0.25) is 0 Å². The fourth-order valence-electron chi connectivity index (χ4n) is 2.25. The minimum absolute atomic E-state index is 0.183. The molecule has 0 bridgehead atoms. The summed E-state index contributed by atoms with van der Waals surface area (Å²) in [5, 5.41) is 18.8. The molecule has 2 N–H and O–H groups in total. The van der Waals surface area contributed by atoms with E-state index in [0.717, 1.165) is 16.7 Å². The molecule has 23 heavy (non-hydrogen) atoms. The highest BCUT2D eigenvalue weighted by atomic mass is 16.5. The molecule has 0 aliphatic carbocycles. The zero-order valence-corrected chi connectivity index (χ0v) is 13.4. The number of benzene rings is 2. The first kappa shape index (κ1) is 17.3. The Morgan fingerprint density at radius 1 is 1.09 bits per heavy atom. The third-order valence-corrected chi connectivity index (χ3v) is 4.09. The number of carbonyl (C=O) groups is 1. The van der Waals surface area contributed by atoms with Crippen molar-refractivity contribution in [2.24, 2.45) is 0 Å². The van der Waals surface area contributed by atoms with Crippen molar-refractivity contribution < 1.29 is 19.7 Å². The van der Waals surface area contributed by atoms with E-state index in [1.165, 1.54) is 13.8 Å². The fraction of sp³-hybridized carbons (Fsp3) is 0.316. The van der Waals surface area contributed by atoms with Gasteiger partial charge in [-0.2, -0.15) is 0 Å². The van der Waals surface area contributed by atoms with Crippen LogP contribution in [0, 0.1) is 0 Å². The molecule has 0 amide bonds. The van der Waals surface area contributed by atoms with Crippen molar-refractivity contribution in [2.75, 3.05) is 6.61 Å². The van der Waals surface area contributed by atoms with Crippen LogP contribution in [0.1, 0.15) is 19.4 Å². The molecule has 0 heterocycles. The van der Waals surface area contributed by atoms with Gasteiger partial charge in [-0.05, 0) is 30.5 Å². The normalized spacial score (nSPS) is 15.0. The van der Waals surface area contributed by atoms with Crippen LogP contribution >= 0.6 is 0 Å². The van der Waals surface area contributed by atoms with Crippen LogP contribution in [0.25, 0.3) is 11.1 Å². The molecule has 2 aromatic carbocycles. The Labute approximate surface area is 136 Å². The zero-order chi connectivity index (χ0) is 16.9. The number of aliphatic hydroxyl groups is 2. The van der Waals surface area contributed by atoms with Crippen molar-refractivity contribution in [2.45, 2.75) is 32.2 Å². The lowest BCUT2D eigenvalue weighted by molar-refractivity contribution is -0.162. The van der Waals surface area contributed by atoms with Gasteiger partial charge in [0.25, 0.3) is 0 Å². The van der Waals surface area contributed by atoms with Gasteiger partial charge in [-0.15, -0.1) is 0 Å². The van der Waals surface area contributed by atoms with Crippen LogP contribution in [0.5, 0.6) is 0 Å². The molecule has 0 aliphatic rings. The van der Waals surface area contributed by atoms with Gasteiger partial charge in [-0.25, -0.2) is 0 Å². The third-order valence-electron chi connectivity index (χ3n) is 4.09. The highest BCUT2D eigenvalue weighted by Gasteiger charge is 2.38. The van der Waals surface area contributed by atoms with Gasteiger partial charge in [0.1, 0.15) is 6.61 Å². The second-order valence-corrected chi connectivity index (χ2v) is 5.72. The minimum atomic E-state index is -1.41. The van der Waals surface area contributed by atoms with E-state index in [2.05, 4.69) is 0 Å². The monoisotopic (exact) mass is 314 g/mol. The van der Waals surface area contributed by atoms with Gasteiger partial charge in [0.2, 0.25) is 0 Å². The average Bonchev–Trinajstić information content (AvgIpc) is 2.60. The number of hydrogen-bond donors (Lipinski definition) is 2. The molecule has 2 aromatic rings. The second kappa shape index (κ2) is 7.51. The Balaban J connectivity index is 2.08. The van der Waals surface area contributed by atoms with Gasteiger partial charge in [-0.1, -0.05) is 54.6 Å². The Morgan fingerprint density at radius 2 is 1.65 bits per heavy atom. The number of carbonyl (C=O) groups excluding carboxylic acids is 1. The number of aliphatic hydroxyl groups excluding tert-OH is 2. The lowest BCUT2D eigenvalue weighted by Crippen LogP contribution is -2.49. The molecule has 0 spiro atoms. The first-order valence-corrected chi connectivity index (χ1v) is 7.58. The zero-order valence-electron chi connectivity index (χ0n) is 13.4. The minimum Gasteiger partial charge on any atom is -0.390 e. The maximum Gasteiger partial charge on any atom is 0.192 e. The first-order valence-electron chi connectivity index (χ1n) is 7.58. The van der Waals surface area contributed by atoms with E-state index in [9.17, 15) is 9.90 Å². The molecule has 0 saturated carbocycles. The summed E-state index contributed by atoms with van der Waals surface area (Å²) in [6, 6.07) is 17.8. The summed E-state index contributed by atoms with van der Waals surface area (Å²) in [4.78, 5) is 11.8. The van der Waals surface area contributed by atoms with Crippen LogP contribution in [0.15, 0.2) is 54.6 Å². The summed E-state index contributed by atoms with van der Waals surface area (Å²) in [5.41, 5.74) is 1.71. The summed E-state index contributed by atoms with van der Waals surface area (Å²) < 4.78 is 5.62. The molecule has 4 heteroatoms. The van der Waals surface area contributed by atoms with E-state index < -0.39 is 24.1 Å². The van der Waals surface area contributed by atoms with Crippen LogP contribution in [-0.4, -0.2) is 34.3 Å². The van der Waals surface area contributed by atoms with Gasteiger partial charge in [0.05, 0.1) is 12.7 Å². The largest absolute Gasteiger partial charge is 0.390 e. The molecule has 0 fully saturated rings. The van der Waals surface area contributed by atoms with E-state index in [1.54, 1.807) is 0 Å². The predicted molar refractivity (Wildman–Crippen MR) is 88.8 cm³/mol. The molecule has 122 valence electrons. The summed E-state index contributed by atoms with van der Waals surface area (Å²) in [6.07, 6.45) is -1.01. The topological polar surface area (TPSA) is 66.8 Å². The molecule has 2 atom stereocenters. The number of hydrogen-bond acceptors (Lipinski definition) is 4. The lowest BCUT2D eigenvalue weighted by atomic mass is 9.95. The first-order chi connectivity index (χ1) is 11.0. The van der Waals surface area contributed by atoms with Gasteiger partial charge in [0, 0.05) is 0 Å². The van der Waals surface area contributed by atoms with E-state index in [-0.39, 0.29) is 6.61 Å². The smallest absolute Gasteiger partial charge is 0.192 e. The standard InChI is InChI=1S/C19H22O4/c1-14(21)19(2,18(22)12-20)23-13-15-8-10-17(11-9-15)16-6-4-3-5-7-16/h3-11,14,20-21H,12-13H2,1-2H3/t14-,19-/m0/s1. The number of Topliss-reactive ketones (excluding diaryl/α,β-unsaturated/α-hetero) is 1. The third kappa shape index (κ3) is 4.05.